The third-order valence-corrected chi connectivity index (χ3v) is 7.05. The summed E-state index contributed by atoms with van der Waals surface area (Å²) in [5.74, 6) is -0.826. The highest BCUT2D eigenvalue weighted by atomic mass is 32.2. The van der Waals surface area contributed by atoms with Gasteiger partial charge in [0.2, 0.25) is 10.0 Å². The number of benzene rings is 1. The van der Waals surface area contributed by atoms with Crippen molar-refractivity contribution in [1.82, 2.24) is 4.31 Å². The Labute approximate surface area is 118 Å². The molecule has 0 aromatic heterocycles. The first kappa shape index (κ1) is 15.4. The van der Waals surface area contributed by atoms with Gasteiger partial charge >= 0.3 is 0 Å². The highest BCUT2D eigenvalue weighted by Gasteiger charge is 2.36. The van der Waals surface area contributed by atoms with Crippen LogP contribution in [0.15, 0.2) is 23.1 Å². The summed E-state index contributed by atoms with van der Waals surface area (Å²) >= 11 is 0. The first-order chi connectivity index (χ1) is 9.12. The van der Waals surface area contributed by atoms with Gasteiger partial charge in [-0.1, -0.05) is 0 Å². The number of hydrogen-bond acceptors (Lipinski definition) is 4. The average molecular weight is 321 g/mol. The monoisotopic (exact) mass is 321 g/mol. The number of sulfonamides is 1. The predicted octanol–water partition coefficient (Wildman–Crippen LogP) is 0.942. The minimum absolute atomic E-state index is 0.0142. The molecule has 0 spiro atoms. The summed E-state index contributed by atoms with van der Waals surface area (Å²) in [7, 11) is -5.73. The summed E-state index contributed by atoms with van der Waals surface area (Å²) in [6, 6.07) is 2.97. The minimum atomic E-state index is -3.89. The fraction of sp³-hybridized carbons (Fsp3) is 0.500. The van der Waals surface area contributed by atoms with Crippen molar-refractivity contribution in [3.05, 3.63) is 29.6 Å². The van der Waals surface area contributed by atoms with Crippen LogP contribution in [0.25, 0.3) is 0 Å². The molecule has 20 heavy (non-hydrogen) atoms. The maximum atomic E-state index is 13.3. The molecule has 1 aliphatic rings. The highest BCUT2D eigenvalue weighted by Crippen LogP contribution is 2.24. The van der Waals surface area contributed by atoms with E-state index in [-0.39, 0.29) is 22.8 Å². The van der Waals surface area contributed by atoms with Gasteiger partial charge in [0.1, 0.15) is 5.82 Å². The van der Waals surface area contributed by atoms with Crippen LogP contribution in [0.4, 0.5) is 4.39 Å². The largest absolute Gasteiger partial charge is 0.243 e. The van der Waals surface area contributed by atoms with Crippen molar-refractivity contribution in [3.63, 3.8) is 0 Å². The zero-order valence-electron chi connectivity index (χ0n) is 11.2. The molecule has 0 amide bonds. The molecule has 0 saturated carbocycles. The summed E-state index contributed by atoms with van der Waals surface area (Å²) in [6.45, 7) is 1.60. The van der Waals surface area contributed by atoms with Gasteiger partial charge in [0.05, 0.1) is 16.4 Å². The van der Waals surface area contributed by atoms with Gasteiger partial charge in [0.25, 0.3) is 0 Å². The molecule has 1 unspecified atom stereocenters. The van der Waals surface area contributed by atoms with Crippen molar-refractivity contribution < 1.29 is 21.2 Å². The van der Waals surface area contributed by atoms with Crippen molar-refractivity contribution in [1.29, 1.82) is 0 Å². The van der Waals surface area contributed by atoms with Gasteiger partial charge in [-0.3, -0.25) is 0 Å². The Kier molecular flexibility index (Phi) is 3.92. The third kappa shape index (κ3) is 3.02. The maximum Gasteiger partial charge on any atom is 0.243 e. The van der Waals surface area contributed by atoms with Crippen molar-refractivity contribution >= 4 is 19.9 Å². The number of halogens is 1. The van der Waals surface area contributed by atoms with Crippen molar-refractivity contribution in [2.45, 2.75) is 24.3 Å². The molecular weight excluding hydrogens is 305 g/mol. The molecule has 1 heterocycles. The average Bonchev–Trinajstić information content (AvgIpc) is 2.67. The fourth-order valence-corrected chi connectivity index (χ4v) is 5.65. The molecule has 1 saturated heterocycles. The zero-order chi connectivity index (χ0) is 15.1. The van der Waals surface area contributed by atoms with Gasteiger partial charge in [-0.2, -0.15) is 4.31 Å². The number of aryl methyl sites for hydroxylation is 1. The Morgan fingerprint density at radius 3 is 2.45 bits per heavy atom. The zero-order valence-corrected chi connectivity index (χ0v) is 12.8. The van der Waals surface area contributed by atoms with Crippen LogP contribution in [0.5, 0.6) is 0 Å². The Hall–Kier alpha value is -0.990. The van der Waals surface area contributed by atoms with Crippen LogP contribution in [0, 0.1) is 12.7 Å². The molecule has 1 fully saturated rings. The standard InChI is InChI=1S/C12H16FNO4S2/c1-9-5-10(13)7-12(6-9)20(17,18)14(2)11-3-4-19(15,16)8-11/h5-7,11H,3-4,8H2,1-2H3. The predicted molar refractivity (Wildman–Crippen MR) is 73.1 cm³/mol. The summed E-state index contributed by atoms with van der Waals surface area (Å²) in [6.07, 6.45) is 0.270. The van der Waals surface area contributed by atoms with Crippen LogP contribution in [0.1, 0.15) is 12.0 Å². The normalized spacial score (nSPS) is 22.3. The van der Waals surface area contributed by atoms with Crippen LogP contribution in [-0.4, -0.2) is 45.7 Å². The van der Waals surface area contributed by atoms with Gasteiger partial charge in [0.15, 0.2) is 9.84 Å². The molecule has 1 aromatic rings. The summed E-state index contributed by atoms with van der Waals surface area (Å²) in [5, 5.41) is 0. The first-order valence-electron chi connectivity index (χ1n) is 6.07. The van der Waals surface area contributed by atoms with E-state index in [2.05, 4.69) is 0 Å². The van der Waals surface area contributed by atoms with E-state index in [1.807, 2.05) is 0 Å². The molecular formula is C12H16FNO4S2. The Morgan fingerprint density at radius 2 is 1.95 bits per heavy atom. The number of nitrogens with zero attached hydrogens (tertiary/aromatic N) is 1. The molecule has 0 aliphatic carbocycles. The van der Waals surface area contributed by atoms with Gasteiger partial charge in [-0.15, -0.1) is 0 Å². The van der Waals surface area contributed by atoms with Crippen LogP contribution in [0.2, 0.25) is 0 Å². The molecule has 1 aromatic carbocycles. The highest BCUT2D eigenvalue weighted by molar-refractivity contribution is 7.92. The lowest BCUT2D eigenvalue weighted by atomic mass is 10.2. The number of hydrogen-bond donors (Lipinski definition) is 0. The molecule has 112 valence electrons. The molecule has 2 rings (SSSR count). The lowest BCUT2D eigenvalue weighted by molar-refractivity contribution is 0.393. The minimum Gasteiger partial charge on any atom is -0.229 e. The molecule has 0 bridgehead atoms. The fourth-order valence-electron chi connectivity index (χ4n) is 2.28. The number of sulfone groups is 1. The van der Waals surface area contributed by atoms with Crippen LogP contribution >= 0.6 is 0 Å². The quantitative estimate of drug-likeness (QED) is 0.831. The van der Waals surface area contributed by atoms with E-state index in [4.69, 9.17) is 0 Å². The van der Waals surface area contributed by atoms with E-state index < -0.39 is 31.7 Å². The summed E-state index contributed by atoms with van der Waals surface area (Å²) in [5.41, 5.74) is 0.496. The Morgan fingerprint density at radius 1 is 1.30 bits per heavy atom. The van der Waals surface area contributed by atoms with E-state index in [1.54, 1.807) is 6.92 Å². The van der Waals surface area contributed by atoms with Crippen molar-refractivity contribution in [2.24, 2.45) is 0 Å². The third-order valence-electron chi connectivity index (χ3n) is 3.42. The lowest BCUT2D eigenvalue weighted by Crippen LogP contribution is -2.37. The van der Waals surface area contributed by atoms with Crippen molar-refractivity contribution in [3.8, 4) is 0 Å². The van der Waals surface area contributed by atoms with E-state index >= 15 is 0 Å². The molecule has 0 N–H and O–H groups in total. The second kappa shape index (κ2) is 5.09. The number of rotatable bonds is 3. The van der Waals surface area contributed by atoms with Gasteiger partial charge in [-0.05, 0) is 37.1 Å². The lowest BCUT2D eigenvalue weighted by Gasteiger charge is -2.23. The van der Waals surface area contributed by atoms with Gasteiger partial charge in [-0.25, -0.2) is 21.2 Å². The SMILES string of the molecule is Cc1cc(F)cc(S(=O)(=O)N(C)C2CCS(=O)(=O)C2)c1. The summed E-state index contributed by atoms with van der Waals surface area (Å²) in [4.78, 5) is -0.151. The van der Waals surface area contributed by atoms with Gasteiger partial charge in [0, 0.05) is 13.1 Å². The Balaban J connectivity index is 2.35. The second-order valence-electron chi connectivity index (χ2n) is 5.04. The van der Waals surface area contributed by atoms with Gasteiger partial charge < -0.3 is 0 Å². The van der Waals surface area contributed by atoms with Crippen LogP contribution < -0.4 is 0 Å². The topological polar surface area (TPSA) is 71.5 Å². The van der Waals surface area contributed by atoms with E-state index in [0.717, 1.165) is 10.4 Å². The van der Waals surface area contributed by atoms with Crippen molar-refractivity contribution in [2.75, 3.05) is 18.6 Å². The summed E-state index contributed by atoms with van der Waals surface area (Å²) < 4.78 is 62.0. The van der Waals surface area contributed by atoms with E-state index in [0.29, 0.717) is 5.56 Å². The van der Waals surface area contributed by atoms with E-state index in [1.165, 1.54) is 19.2 Å². The molecule has 5 nitrogen and oxygen atoms in total. The molecule has 8 heteroatoms. The van der Waals surface area contributed by atoms with E-state index in [9.17, 15) is 21.2 Å². The molecule has 1 aliphatic heterocycles. The smallest absolute Gasteiger partial charge is 0.229 e. The first-order valence-corrected chi connectivity index (χ1v) is 9.34. The molecule has 0 radical (unpaired) electrons. The molecule has 1 atom stereocenters. The van der Waals surface area contributed by atoms with Crippen LogP contribution in [-0.2, 0) is 19.9 Å². The Bertz CT molecular complexity index is 708. The maximum absolute atomic E-state index is 13.3. The second-order valence-corrected chi connectivity index (χ2v) is 9.27. The van der Waals surface area contributed by atoms with Crippen LogP contribution in [0.3, 0.4) is 0 Å².